The molecule has 3 aromatic rings. The number of carbonyl (C=O) groups excluding carboxylic acids is 1. The molecular weight excluding hydrogens is 454 g/mol. The second kappa shape index (κ2) is 10.8. The van der Waals surface area contributed by atoms with Crippen LogP contribution in [0.3, 0.4) is 0 Å². The molecule has 0 radical (unpaired) electrons. The fourth-order valence-corrected chi connectivity index (χ4v) is 4.35. The molecule has 34 heavy (non-hydrogen) atoms. The van der Waals surface area contributed by atoms with Gasteiger partial charge in [0, 0.05) is 52.1 Å². The van der Waals surface area contributed by atoms with Gasteiger partial charge in [0.1, 0.15) is 11.5 Å². The molecule has 4 rings (SSSR count). The van der Waals surface area contributed by atoms with Crippen molar-refractivity contribution in [2.24, 2.45) is 0 Å². The molecule has 5 nitrogen and oxygen atoms in total. The van der Waals surface area contributed by atoms with Crippen molar-refractivity contribution in [3.05, 3.63) is 83.1 Å². The first-order valence-corrected chi connectivity index (χ1v) is 12.3. The highest BCUT2D eigenvalue weighted by Gasteiger charge is 2.27. The topological polar surface area (TPSA) is 70.7 Å². The molecule has 0 fully saturated rings. The largest absolute Gasteiger partial charge is 0.345 e. The van der Waals surface area contributed by atoms with Gasteiger partial charge in [-0.05, 0) is 37.5 Å². The van der Waals surface area contributed by atoms with Crippen LogP contribution in [-0.4, -0.2) is 26.5 Å². The standard InChI is InChI=1S/C26H26F2N4OS/c1-3-6-18-10-9-16(13-29-18)17-12-19-20(15-31-26(19)30-14-17)25(33)23-21(27)7-5-8-22(24(23)28)32-34-11-4-2/h7-10,12-15,32H,3-6,11H2,1-2H3,(H,30,31). The Hall–Kier alpha value is -3.26. The summed E-state index contributed by atoms with van der Waals surface area (Å²) in [5.74, 6) is -1.74. The summed E-state index contributed by atoms with van der Waals surface area (Å²) in [5, 5.41) is 0.497. The molecule has 0 saturated heterocycles. The number of ketones is 1. The molecule has 0 saturated carbocycles. The molecule has 0 spiro atoms. The summed E-state index contributed by atoms with van der Waals surface area (Å²) in [6, 6.07) is 5.72. The monoisotopic (exact) mass is 480 g/mol. The van der Waals surface area contributed by atoms with Crippen molar-refractivity contribution >= 4 is 28.8 Å². The van der Waals surface area contributed by atoms with Crippen LogP contribution in [0.2, 0.25) is 0 Å². The van der Waals surface area contributed by atoms with Gasteiger partial charge in [0.15, 0.2) is 5.83 Å². The van der Waals surface area contributed by atoms with E-state index in [1.54, 1.807) is 24.5 Å². The third-order valence-corrected chi connectivity index (χ3v) is 6.45. The van der Waals surface area contributed by atoms with E-state index in [4.69, 9.17) is 0 Å². The molecule has 2 N–H and O–H groups in total. The molecule has 1 aliphatic rings. The van der Waals surface area contributed by atoms with Gasteiger partial charge in [-0.1, -0.05) is 44.4 Å². The number of aryl methyl sites for hydroxylation is 1. The predicted octanol–water partition coefficient (Wildman–Crippen LogP) is 6.77. The van der Waals surface area contributed by atoms with Crippen molar-refractivity contribution in [3.8, 4) is 11.1 Å². The fraction of sp³-hybridized carbons (Fsp3) is 0.269. The van der Waals surface area contributed by atoms with Gasteiger partial charge >= 0.3 is 0 Å². The maximum Gasteiger partial charge on any atom is 0.201 e. The van der Waals surface area contributed by atoms with Crippen molar-refractivity contribution in [1.29, 1.82) is 0 Å². The van der Waals surface area contributed by atoms with Gasteiger partial charge in [0.2, 0.25) is 5.78 Å². The molecule has 0 unspecified atom stereocenters. The normalized spacial score (nSPS) is 14.1. The zero-order valence-electron chi connectivity index (χ0n) is 19.1. The van der Waals surface area contributed by atoms with Gasteiger partial charge in [-0.15, -0.1) is 0 Å². The number of allylic oxidation sites excluding steroid dienone is 5. The smallest absolute Gasteiger partial charge is 0.201 e. The maximum absolute atomic E-state index is 15.3. The number of aromatic nitrogens is 3. The average Bonchev–Trinajstić information content (AvgIpc) is 3.21. The Labute approximate surface area is 201 Å². The van der Waals surface area contributed by atoms with E-state index >= 15 is 4.39 Å². The minimum Gasteiger partial charge on any atom is -0.345 e. The average molecular weight is 481 g/mol. The van der Waals surface area contributed by atoms with Gasteiger partial charge in [0.05, 0.1) is 11.3 Å². The quantitative estimate of drug-likeness (QED) is 0.201. The molecule has 0 aromatic carbocycles. The number of nitrogens with zero attached hydrogens (tertiary/aromatic N) is 2. The molecule has 0 amide bonds. The summed E-state index contributed by atoms with van der Waals surface area (Å²) < 4.78 is 33.1. The van der Waals surface area contributed by atoms with E-state index in [1.165, 1.54) is 24.2 Å². The van der Waals surface area contributed by atoms with E-state index in [2.05, 4.69) is 26.6 Å². The molecule has 3 aromatic heterocycles. The first-order chi connectivity index (χ1) is 16.5. The van der Waals surface area contributed by atoms with E-state index < -0.39 is 23.0 Å². The minimum absolute atomic E-state index is 0.114. The van der Waals surface area contributed by atoms with E-state index in [1.807, 2.05) is 19.1 Å². The van der Waals surface area contributed by atoms with Crippen LogP contribution in [0.5, 0.6) is 0 Å². The van der Waals surface area contributed by atoms with Crippen molar-refractivity contribution in [2.45, 2.75) is 39.5 Å². The van der Waals surface area contributed by atoms with Crippen molar-refractivity contribution in [3.63, 3.8) is 0 Å². The number of pyridine rings is 2. The SMILES string of the molecule is CCCSNC1=CCC=C(F)C(C(=O)c2c[nH]c3ncc(-c4ccc(CCC)nc4)cc23)=C1F. The molecule has 8 heteroatoms. The molecule has 3 heterocycles. The van der Waals surface area contributed by atoms with Crippen LogP contribution in [0, 0.1) is 0 Å². The number of hydrogen-bond donors (Lipinski definition) is 2. The van der Waals surface area contributed by atoms with Gasteiger partial charge in [0.25, 0.3) is 0 Å². The number of halogens is 2. The lowest BCUT2D eigenvalue weighted by molar-refractivity contribution is 0.103. The molecular formula is C26H26F2N4OS. The summed E-state index contributed by atoms with van der Waals surface area (Å²) in [5.41, 5.74) is 2.78. The summed E-state index contributed by atoms with van der Waals surface area (Å²) in [6.45, 7) is 4.11. The molecule has 0 bridgehead atoms. The Balaban J connectivity index is 1.71. The van der Waals surface area contributed by atoms with Gasteiger partial charge in [-0.3, -0.25) is 9.78 Å². The zero-order valence-corrected chi connectivity index (χ0v) is 19.9. The fourth-order valence-electron chi connectivity index (χ4n) is 3.72. The summed E-state index contributed by atoms with van der Waals surface area (Å²) >= 11 is 1.32. The number of fused-ring (bicyclic) bond motifs is 1. The number of Topliss-reactive ketones (excluding diaryl/α,β-unsaturated/α-hetero) is 1. The Morgan fingerprint density at radius 3 is 2.68 bits per heavy atom. The first kappa shape index (κ1) is 23.9. The summed E-state index contributed by atoms with van der Waals surface area (Å²) in [7, 11) is 0. The van der Waals surface area contributed by atoms with Crippen LogP contribution in [0.15, 0.2) is 71.9 Å². The van der Waals surface area contributed by atoms with Crippen LogP contribution < -0.4 is 4.72 Å². The lowest BCUT2D eigenvalue weighted by atomic mass is 9.99. The lowest BCUT2D eigenvalue weighted by Gasteiger charge is -2.10. The number of nitrogens with one attached hydrogen (secondary N) is 2. The van der Waals surface area contributed by atoms with Crippen molar-refractivity contribution in [2.75, 3.05) is 5.75 Å². The molecule has 1 aliphatic carbocycles. The van der Waals surface area contributed by atoms with Crippen LogP contribution in [0.1, 0.15) is 49.2 Å². The number of aromatic amines is 1. The Kier molecular flexibility index (Phi) is 7.57. The summed E-state index contributed by atoms with van der Waals surface area (Å²) in [6.07, 6.45) is 10.7. The number of H-pyrrole nitrogens is 1. The minimum atomic E-state index is -0.894. The third-order valence-electron chi connectivity index (χ3n) is 5.47. The van der Waals surface area contributed by atoms with E-state index in [-0.39, 0.29) is 17.7 Å². The predicted molar refractivity (Wildman–Crippen MR) is 134 cm³/mol. The zero-order chi connectivity index (χ0) is 24.1. The highest BCUT2D eigenvalue weighted by Crippen LogP contribution is 2.32. The number of hydrogen-bond acceptors (Lipinski definition) is 5. The van der Waals surface area contributed by atoms with E-state index in [0.717, 1.165) is 41.8 Å². The number of carbonyl (C=O) groups is 1. The second-order valence-electron chi connectivity index (χ2n) is 7.98. The van der Waals surface area contributed by atoms with Crippen LogP contribution in [-0.2, 0) is 6.42 Å². The van der Waals surface area contributed by atoms with Gasteiger partial charge < -0.3 is 9.71 Å². The van der Waals surface area contributed by atoms with Crippen LogP contribution in [0.25, 0.3) is 22.2 Å². The molecule has 0 atom stereocenters. The van der Waals surface area contributed by atoms with Gasteiger partial charge in [-0.2, -0.15) is 0 Å². The lowest BCUT2D eigenvalue weighted by Crippen LogP contribution is -2.11. The maximum atomic E-state index is 15.3. The molecule has 176 valence electrons. The Bertz CT molecular complexity index is 1290. The number of rotatable bonds is 9. The highest BCUT2D eigenvalue weighted by molar-refractivity contribution is 7.97. The van der Waals surface area contributed by atoms with Gasteiger partial charge in [-0.25, -0.2) is 13.8 Å². The Morgan fingerprint density at radius 1 is 1.12 bits per heavy atom. The van der Waals surface area contributed by atoms with Crippen LogP contribution >= 0.6 is 11.9 Å². The van der Waals surface area contributed by atoms with E-state index in [0.29, 0.717) is 11.0 Å². The van der Waals surface area contributed by atoms with Crippen molar-refractivity contribution in [1.82, 2.24) is 19.7 Å². The second-order valence-corrected chi connectivity index (χ2v) is 8.89. The van der Waals surface area contributed by atoms with Crippen LogP contribution in [0.4, 0.5) is 8.78 Å². The first-order valence-electron chi connectivity index (χ1n) is 11.3. The Morgan fingerprint density at radius 2 is 1.94 bits per heavy atom. The third kappa shape index (κ3) is 4.97. The molecule has 0 aliphatic heterocycles. The van der Waals surface area contributed by atoms with E-state index in [9.17, 15) is 9.18 Å². The van der Waals surface area contributed by atoms with Crippen molar-refractivity contribution < 1.29 is 13.6 Å². The summed E-state index contributed by atoms with van der Waals surface area (Å²) in [4.78, 5) is 25.2. The highest BCUT2D eigenvalue weighted by atomic mass is 32.2.